The number of ether oxygens (including phenoxy) is 1. The summed E-state index contributed by atoms with van der Waals surface area (Å²) < 4.78 is 56.4. The van der Waals surface area contributed by atoms with Crippen LogP contribution in [0, 0.1) is 5.82 Å². The van der Waals surface area contributed by atoms with Gasteiger partial charge < -0.3 is 17.7 Å². The van der Waals surface area contributed by atoms with Crippen LogP contribution in [-0.2, 0) is 0 Å². The quantitative estimate of drug-likeness (QED) is 0.380. The summed E-state index contributed by atoms with van der Waals surface area (Å²) in [4.78, 5) is 0. The molecule has 0 saturated heterocycles. The molecule has 7 heteroatoms. The third-order valence-electron chi connectivity index (χ3n) is 3.08. The van der Waals surface area contributed by atoms with Crippen LogP contribution in [0.25, 0.3) is 0 Å². The fraction of sp³-hybridized carbons (Fsp3) is 0.571. The van der Waals surface area contributed by atoms with Crippen molar-refractivity contribution in [3.8, 4) is 5.75 Å². The van der Waals surface area contributed by atoms with Gasteiger partial charge in [-0.25, -0.2) is 4.39 Å². The Bertz CT molecular complexity index is 412. The molecule has 0 bridgehead atoms. The smallest absolute Gasteiger partial charge is 0.496 e. The van der Waals surface area contributed by atoms with Gasteiger partial charge >= 0.3 is 58.4 Å². The average Bonchev–Trinajstić information content (AvgIpc) is 2.36. The number of benzene rings is 1. The summed E-state index contributed by atoms with van der Waals surface area (Å²) in [7, 11) is 0. The summed E-state index contributed by atoms with van der Waals surface area (Å²) in [5.41, 5.74) is -0.864. The van der Waals surface area contributed by atoms with Crippen molar-refractivity contribution in [1.82, 2.24) is 0 Å². The minimum absolute atomic E-state index is 0. The van der Waals surface area contributed by atoms with E-state index in [4.69, 9.17) is 4.74 Å². The van der Waals surface area contributed by atoms with Crippen molar-refractivity contribution in [2.75, 3.05) is 6.61 Å². The molecule has 1 aromatic carbocycles. The summed E-state index contributed by atoms with van der Waals surface area (Å²) in [5.74, 6) is -1.11. The zero-order valence-corrected chi connectivity index (χ0v) is 15.8. The monoisotopic (exact) mass is 330 g/mol. The van der Waals surface area contributed by atoms with Crippen molar-refractivity contribution in [2.24, 2.45) is 0 Å². The molecule has 114 valence electrons. The van der Waals surface area contributed by atoms with Crippen LogP contribution < -0.4 is 61.6 Å². The van der Waals surface area contributed by atoms with Crippen LogP contribution in [0.1, 0.15) is 45.4 Å². The molecule has 1 rings (SSSR count). The van der Waals surface area contributed by atoms with Gasteiger partial charge in [0.05, 0.1) is 12.4 Å². The van der Waals surface area contributed by atoms with Crippen LogP contribution in [-0.4, -0.2) is 13.6 Å². The van der Waals surface area contributed by atoms with E-state index in [0.29, 0.717) is 6.42 Å². The average molecular weight is 330 g/mol. The number of hydrogen-bond acceptors (Lipinski definition) is 1. The summed E-state index contributed by atoms with van der Waals surface area (Å²) in [6, 6.07) is 2.36. The molecule has 0 aliphatic heterocycles. The van der Waals surface area contributed by atoms with Gasteiger partial charge in [0.15, 0.2) is 0 Å². The molecule has 21 heavy (non-hydrogen) atoms. The zero-order chi connectivity index (χ0) is 15.0. The topological polar surface area (TPSA) is 9.23 Å². The normalized spacial score (nSPS) is 11.1. The first-order valence-corrected chi connectivity index (χ1v) is 7.07. The molecule has 0 amide bonds. The predicted molar refractivity (Wildman–Crippen MR) is 74.0 cm³/mol. The second kappa shape index (κ2) is 11.1. The van der Waals surface area contributed by atoms with Gasteiger partial charge in [0.25, 0.3) is 0 Å². The standard InChI is InChI=1S/C14H20BF4O.K/c1-2-3-4-5-6-7-10-20-14-11-12(16)8-9-13(14)15(17,18)19;/h8-9,11H,2-7,10H2,1H3;/q-1;+1. The maximum atomic E-state index is 13.0. The molecular weight excluding hydrogens is 310 g/mol. The Morgan fingerprint density at radius 1 is 1.00 bits per heavy atom. The fourth-order valence-electron chi connectivity index (χ4n) is 1.97. The van der Waals surface area contributed by atoms with Gasteiger partial charge in [-0.1, -0.05) is 50.6 Å². The Balaban J connectivity index is 0.00000400. The summed E-state index contributed by atoms with van der Waals surface area (Å²) in [6.45, 7) is -2.87. The van der Waals surface area contributed by atoms with Crippen molar-refractivity contribution in [3.63, 3.8) is 0 Å². The molecule has 1 nitrogen and oxygen atoms in total. The van der Waals surface area contributed by atoms with E-state index in [0.717, 1.165) is 43.9 Å². The molecule has 0 N–H and O–H groups in total. The Labute approximate surface area is 166 Å². The van der Waals surface area contributed by atoms with Crippen molar-refractivity contribution >= 4 is 12.4 Å². The van der Waals surface area contributed by atoms with Crippen LogP contribution in [0.2, 0.25) is 0 Å². The third kappa shape index (κ3) is 8.59. The molecule has 0 saturated carbocycles. The van der Waals surface area contributed by atoms with Crippen molar-refractivity contribution in [3.05, 3.63) is 24.0 Å². The van der Waals surface area contributed by atoms with E-state index < -0.39 is 24.0 Å². The Morgan fingerprint density at radius 2 is 1.62 bits per heavy atom. The molecule has 0 atom stereocenters. The molecule has 0 unspecified atom stereocenters. The molecule has 0 aromatic heterocycles. The number of hydrogen-bond donors (Lipinski definition) is 0. The Hall–Kier alpha value is 0.441. The first kappa shape index (κ1) is 21.4. The molecular formula is C14H20BF4KO. The van der Waals surface area contributed by atoms with Crippen LogP contribution in [0.15, 0.2) is 18.2 Å². The summed E-state index contributed by atoms with van der Waals surface area (Å²) in [5, 5.41) is 0. The first-order chi connectivity index (χ1) is 9.45. The van der Waals surface area contributed by atoms with E-state index in [2.05, 4.69) is 6.92 Å². The molecule has 0 aliphatic rings. The van der Waals surface area contributed by atoms with Gasteiger partial charge in [0, 0.05) is 6.07 Å². The fourth-order valence-corrected chi connectivity index (χ4v) is 1.97. The van der Waals surface area contributed by atoms with Crippen LogP contribution in [0.3, 0.4) is 0 Å². The molecule has 0 radical (unpaired) electrons. The molecule has 0 heterocycles. The van der Waals surface area contributed by atoms with Gasteiger partial charge in [-0.15, -0.1) is 0 Å². The van der Waals surface area contributed by atoms with Gasteiger partial charge in [0.1, 0.15) is 5.82 Å². The Kier molecular flexibility index (Phi) is 11.3. The van der Waals surface area contributed by atoms with E-state index in [1.54, 1.807) is 0 Å². The van der Waals surface area contributed by atoms with Crippen molar-refractivity contribution in [2.45, 2.75) is 45.4 Å². The zero-order valence-electron chi connectivity index (χ0n) is 12.7. The second-order valence-electron chi connectivity index (χ2n) is 4.87. The summed E-state index contributed by atoms with van der Waals surface area (Å²) >= 11 is 0. The van der Waals surface area contributed by atoms with E-state index >= 15 is 0 Å². The maximum absolute atomic E-state index is 13.0. The first-order valence-electron chi connectivity index (χ1n) is 7.07. The van der Waals surface area contributed by atoms with Crippen molar-refractivity contribution in [1.29, 1.82) is 0 Å². The van der Waals surface area contributed by atoms with Crippen LogP contribution >= 0.6 is 0 Å². The second-order valence-corrected chi connectivity index (χ2v) is 4.87. The minimum Gasteiger partial charge on any atom is -0.496 e. The number of rotatable bonds is 9. The van der Waals surface area contributed by atoms with Crippen molar-refractivity contribution < 1.29 is 73.5 Å². The van der Waals surface area contributed by atoms with E-state index in [9.17, 15) is 17.3 Å². The van der Waals surface area contributed by atoms with Gasteiger partial charge in [0.2, 0.25) is 0 Å². The SMILES string of the molecule is CCCCCCCCOc1cc(F)ccc1[B-](F)(F)F.[K+]. The predicted octanol–water partition coefficient (Wildman–Crippen LogP) is 1.62. The van der Waals surface area contributed by atoms with Gasteiger partial charge in [-0.05, 0) is 12.5 Å². The largest absolute Gasteiger partial charge is 1.00 e. The van der Waals surface area contributed by atoms with E-state index in [1.165, 1.54) is 6.42 Å². The third-order valence-corrected chi connectivity index (χ3v) is 3.08. The maximum Gasteiger partial charge on any atom is 1.00 e. The molecule has 0 fully saturated rings. The van der Waals surface area contributed by atoms with Gasteiger partial charge in [-0.2, -0.15) is 0 Å². The molecule has 0 aliphatic carbocycles. The van der Waals surface area contributed by atoms with E-state index in [1.807, 2.05) is 0 Å². The Morgan fingerprint density at radius 3 is 2.24 bits per heavy atom. The van der Waals surface area contributed by atoms with E-state index in [-0.39, 0.29) is 58.0 Å². The molecule has 0 spiro atoms. The number of halogens is 4. The van der Waals surface area contributed by atoms with Crippen LogP contribution in [0.4, 0.5) is 17.3 Å². The summed E-state index contributed by atoms with van der Waals surface area (Å²) in [6.07, 6.45) is 6.11. The molecule has 1 aromatic rings. The minimum atomic E-state index is -5.18. The number of unbranched alkanes of at least 4 members (excludes halogenated alkanes) is 5. The van der Waals surface area contributed by atoms with Gasteiger partial charge in [-0.3, -0.25) is 0 Å². The van der Waals surface area contributed by atoms with Crippen LogP contribution in [0.5, 0.6) is 5.75 Å².